The maximum Gasteiger partial charge on any atom is 0.333 e. The Bertz CT molecular complexity index is 1940. The number of rotatable bonds is 12. The molecule has 1 aromatic rings. The Balaban J connectivity index is 1.63. The first-order valence-corrected chi connectivity index (χ1v) is 19.3. The van der Waals surface area contributed by atoms with Gasteiger partial charge >= 0.3 is 11.9 Å². The van der Waals surface area contributed by atoms with Crippen molar-refractivity contribution in [3.8, 4) is 11.5 Å². The molecule has 53 heavy (non-hydrogen) atoms. The van der Waals surface area contributed by atoms with Crippen LogP contribution in [0.3, 0.4) is 0 Å². The summed E-state index contributed by atoms with van der Waals surface area (Å²) in [6.45, 7) is 15.6. The number of benzene rings is 1. The Labute approximate surface area is 315 Å². The van der Waals surface area contributed by atoms with Crippen molar-refractivity contribution in [3.05, 3.63) is 69.4 Å². The molecular formula is C42H51NO9S. The van der Waals surface area contributed by atoms with Crippen molar-refractivity contribution in [1.82, 2.24) is 0 Å². The van der Waals surface area contributed by atoms with E-state index in [9.17, 15) is 19.5 Å². The summed E-state index contributed by atoms with van der Waals surface area (Å²) in [6, 6.07) is -1.19. The molecular weight excluding hydrogens is 695 g/mol. The molecule has 0 aromatic heterocycles. The zero-order chi connectivity index (χ0) is 38.8. The normalized spacial score (nSPS) is 29.2. The number of fused-ring (bicyclic) bond motifs is 2. The number of Topliss-reactive ketones (excluding diaryl/α,β-unsaturated/α-hetero) is 2. The van der Waals surface area contributed by atoms with Gasteiger partial charge in [-0.3, -0.25) is 14.4 Å². The van der Waals surface area contributed by atoms with E-state index in [0.29, 0.717) is 63.5 Å². The number of carboxylic acid groups (broad SMARTS) is 1. The summed E-state index contributed by atoms with van der Waals surface area (Å²) < 4.78 is 26.2. The van der Waals surface area contributed by atoms with E-state index >= 15 is 4.79 Å². The molecule has 6 aliphatic rings. The number of carbonyl (C=O) groups is 4. The predicted molar refractivity (Wildman–Crippen MR) is 203 cm³/mol. The molecule has 0 amide bonds. The van der Waals surface area contributed by atoms with Crippen LogP contribution in [0.5, 0.6) is 11.5 Å². The van der Waals surface area contributed by atoms with Crippen molar-refractivity contribution in [1.29, 1.82) is 0 Å². The fraction of sp³-hybridized carbons (Fsp3) is 0.524. The number of thioether (sulfide) groups is 1. The van der Waals surface area contributed by atoms with Gasteiger partial charge in [-0.1, -0.05) is 41.5 Å². The van der Waals surface area contributed by atoms with Crippen molar-refractivity contribution in [2.24, 2.45) is 17.6 Å². The second-order valence-electron chi connectivity index (χ2n) is 16.2. The maximum absolute atomic E-state index is 15.4. The molecule has 1 aromatic carbocycles. The van der Waals surface area contributed by atoms with Crippen LogP contribution in [-0.2, 0) is 30.3 Å². The van der Waals surface area contributed by atoms with E-state index in [2.05, 4.69) is 26.0 Å². The van der Waals surface area contributed by atoms with Crippen molar-refractivity contribution < 1.29 is 43.2 Å². The first-order chi connectivity index (χ1) is 24.8. The van der Waals surface area contributed by atoms with Gasteiger partial charge in [0, 0.05) is 51.2 Å². The smallest absolute Gasteiger partial charge is 0.333 e. The van der Waals surface area contributed by atoms with Gasteiger partial charge < -0.3 is 29.8 Å². The summed E-state index contributed by atoms with van der Waals surface area (Å²) >= 11 is 1.19. The van der Waals surface area contributed by atoms with Gasteiger partial charge in [0.15, 0.2) is 22.8 Å². The summed E-state index contributed by atoms with van der Waals surface area (Å²) in [6.07, 6.45) is 13.9. The quantitative estimate of drug-likeness (QED) is 0.0974. The van der Waals surface area contributed by atoms with Crippen LogP contribution in [0.15, 0.2) is 57.6 Å². The molecule has 11 heteroatoms. The van der Waals surface area contributed by atoms with E-state index in [-0.39, 0.29) is 29.7 Å². The summed E-state index contributed by atoms with van der Waals surface area (Å²) in [5, 5.41) is 9.71. The highest BCUT2D eigenvalue weighted by molar-refractivity contribution is 7.99. The van der Waals surface area contributed by atoms with Crippen LogP contribution in [0.2, 0.25) is 0 Å². The summed E-state index contributed by atoms with van der Waals surface area (Å²) in [4.78, 5) is 54.9. The van der Waals surface area contributed by atoms with Gasteiger partial charge in [-0.05, 0) is 87.1 Å². The third kappa shape index (κ3) is 6.22. The molecule has 6 atom stereocenters. The largest absolute Gasteiger partial charge is 0.482 e. The van der Waals surface area contributed by atoms with E-state index in [1.807, 2.05) is 46.8 Å². The number of carboxylic acids is 1. The number of carbonyl (C=O) groups excluding carboxylic acids is 3. The Hall–Kier alpha value is -3.93. The SMILES string of the molecule is COC(=O)/C(C)=C\CC12OC(C)(C)C3CC(C=C4C(=O)c5c(c(CC=C(C)C)c6c(c5SCC(N)C(=O)O)C=CC(C)(CCC=C(C)C)O6)OC431)C2=O. The Morgan fingerprint density at radius 1 is 1.06 bits per heavy atom. The first-order valence-electron chi connectivity index (χ1n) is 18.3. The molecule has 3 heterocycles. The maximum atomic E-state index is 15.4. The number of aliphatic carboxylic acids is 1. The predicted octanol–water partition coefficient (Wildman–Crippen LogP) is 7.13. The van der Waals surface area contributed by atoms with Crippen molar-refractivity contribution in [3.63, 3.8) is 0 Å². The lowest BCUT2D eigenvalue weighted by atomic mass is 9.51. The van der Waals surface area contributed by atoms with Gasteiger partial charge in [0.25, 0.3) is 0 Å². The van der Waals surface area contributed by atoms with Crippen LogP contribution in [0.25, 0.3) is 6.08 Å². The molecule has 1 saturated heterocycles. The average molecular weight is 746 g/mol. The van der Waals surface area contributed by atoms with Crippen molar-refractivity contribution in [2.45, 2.75) is 121 Å². The summed E-state index contributed by atoms with van der Waals surface area (Å²) in [5.41, 5.74) is 5.88. The Kier molecular flexibility index (Phi) is 10.0. The molecule has 3 aliphatic carbocycles. The molecule has 4 bridgehead atoms. The van der Waals surface area contributed by atoms with Gasteiger partial charge in [-0.15, -0.1) is 11.8 Å². The van der Waals surface area contributed by atoms with E-state index in [1.54, 1.807) is 19.1 Å². The fourth-order valence-electron chi connectivity index (χ4n) is 8.71. The second kappa shape index (κ2) is 13.7. The Morgan fingerprint density at radius 2 is 1.75 bits per heavy atom. The van der Waals surface area contributed by atoms with Crippen molar-refractivity contribution in [2.75, 3.05) is 12.9 Å². The topological polar surface area (TPSA) is 151 Å². The molecule has 0 radical (unpaired) electrons. The molecule has 3 N–H and O–H groups in total. The van der Waals surface area contributed by atoms with Crippen LogP contribution in [0, 0.1) is 11.8 Å². The van der Waals surface area contributed by atoms with E-state index < -0.39 is 46.3 Å². The number of hydrogen-bond donors (Lipinski definition) is 2. The molecule has 1 saturated carbocycles. The van der Waals surface area contributed by atoms with Gasteiger partial charge in [0.2, 0.25) is 0 Å². The zero-order valence-electron chi connectivity index (χ0n) is 32.1. The standard InChI is InChI=1S/C42H51NO9S/c1-22(2)11-10-16-40(8)17-15-27-33(50-40)26(13-12-23(3)4)34-31(35(27)53-21-29(43)37(46)47)32(44)28-19-25-20-30-39(6,7)52-41(36(25)45,42(28,30)51-34)18-14-24(5)38(48)49-9/h11-12,14-15,17,19,25,29-30H,10,13,16,18,20-21,43H2,1-9H3,(H,46,47)/b24-14-. The van der Waals surface area contributed by atoms with E-state index in [1.165, 1.54) is 24.4 Å². The monoisotopic (exact) mass is 745 g/mol. The van der Waals surface area contributed by atoms with Gasteiger partial charge in [-0.2, -0.15) is 0 Å². The van der Waals surface area contributed by atoms with Crippen LogP contribution >= 0.6 is 11.8 Å². The fourth-order valence-corrected chi connectivity index (χ4v) is 9.84. The molecule has 10 nitrogen and oxygen atoms in total. The number of hydrogen-bond acceptors (Lipinski definition) is 10. The van der Waals surface area contributed by atoms with Crippen LogP contribution in [0.4, 0.5) is 0 Å². The third-order valence-electron chi connectivity index (χ3n) is 11.4. The van der Waals surface area contributed by atoms with Crippen LogP contribution in [-0.4, -0.2) is 69.9 Å². The number of ether oxygens (including phenoxy) is 4. The van der Waals surface area contributed by atoms with E-state index in [4.69, 9.17) is 24.7 Å². The average Bonchev–Trinajstić information content (AvgIpc) is 3.24. The third-order valence-corrected chi connectivity index (χ3v) is 12.6. The highest BCUT2D eigenvalue weighted by atomic mass is 32.2. The van der Waals surface area contributed by atoms with Crippen LogP contribution in [0.1, 0.15) is 103 Å². The second-order valence-corrected chi connectivity index (χ2v) is 17.2. The molecule has 284 valence electrons. The molecule has 2 fully saturated rings. The van der Waals surface area contributed by atoms with Gasteiger partial charge in [-0.25, -0.2) is 4.79 Å². The number of esters is 1. The number of nitrogens with two attached hydrogens (primary N) is 1. The lowest BCUT2D eigenvalue weighted by Gasteiger charge is -2.56. The number of methoxy groups -OCH3 is 1. The van der Waals surface area contributed by atoms with E-state index in [0.717, 1.165) is 12.0 Å². The molecule has 7 rings (SSSR count). The minimum absolute atomic E-state index is 0.00581. The highest BCUT2D eigenvalue weighted by Gasteiger charge is 2.81. The summed E-state index contributed by atoms with van der Waals surface area (Å²) in [7, 11) is 1.30. The minimum atomic E-state index is -1.61. The minimum Gasteiger partial charge on any atom is -0.482 e. The lowest BCUT2D eigenvalue weighted by molar-refractivity contribution is -0.171. The van der Waals surface area contributed by atoms with Gasteiger partial charge in [0.05, 0.1) is 18.3 Å². The highest BCUT2D eigenvalue weighted by Crippen LogP contribution is 2.68. The molecule has 3 aliphatic heterocycles. The van der Waals surface area contributed by atoms with Gasteiger partial charge in [0.1, 0.15) is 23.1 Å². The number of allylic oxidation sites excluding steroid dienone is 5. The first kappa shape index (κ1) is 38.8. The Morgan fingerprint density at radius 3 is 2.40 bits per heavy atom. The molecule has 1 spiro atoms. The number of ketones is 2. The molecule has 6 unspecified atom stereocenters. The summed E-state index contributed by atoms with van der Waals surface area (Å²) in [5.74, 6) is -2.32. The lowest BCUT2D eigenvalue weighted by Crippen LogP contribution is -2.72. The van der Waals surface area contributed by atoms with Crippen LogP contribution < -0.4 is 15.2 Å². The zero-order valence-corrected chi connectivity index (χ0v) is 33.0. The van der Waals surface area contributed by atoms with Crippen molar-refractivity contribution >= 4 is 41.3 Å².